The maximum absolute atomic E-state index is 11.9. The molecular weight excluding hydrogens is 342 g/mol. The standard InChI is InChI=1S/C13H18BrNO2SSi/c1-19(2,3)7-6-17-9-15-11-5-4-10(14)8-12(11)18-13(15)16/h4-5,8H,6-7,9H2,1-3H3. The van der Waals surface area contributed by atoms with Crippen molar-refractivity contribution in [2.24, 2.45) is 0 Å². The van der Waals surface area contributed by atoms with Crippen molar-refractivity contribution in [3.05, 3.63) is 32.3 Å². The zero-order valence-electron chi connectivity index (χ0n) is 11.4. The van der Waals surface area contributed by atoms with Gasteiger partial charge in [0.25, 0.3) is 0 Å². The van der Waals surface area contributed by atoms with E-state index in [2.05, 4.69) is 35.6 Å². The molecule has 0 aliphatic rings. The monoisotopic (exact) mass is 359 g/mol. The molecule has 6 heteroatoms. The highest BCUT2D eigenvalue weighted by atomic mass is 79.9. The first-order chi connectivity index (χ1) is 8.87. The van der Waals surface area contributed by atoms with Crippen LogP contribution in [-0.2, 0) is 11.5 Å². The van der Waals surface area contributed by atoms with E-state index in [9.17, 15) is 4.79 Å². The number of fused-ring (bicyclic) bond motifs is 1. The predicted molar refractivity (Wildman–Crippen MR) is 87.9 cm³/mol. The Morgan fingerprint density at radius 1 is 1.37 bits per heavy atom. The number of hydrogen-bond donors (Lipinski definition) is 0. The summed E-state index contributed by atoms with van der Waals surface area (Å²) >= 11 is 4.68. The minimum absolute atomic E-state index is 0.0427. The minimum Gasteiger partial charge on any atom is -0.361 e. The lowest BCUT2D eigenvalue weighted by Crippen LogP contribution is -2.23. The van der Waals surface area contributed by atoms with Gasteiger partial charge in [0.15, 0.2) is 0 Å². The van der Waals surface area contributed by atoms with Crippen LogP contribution in [0.4, 0.5) is 0 Å². The van der Waals surface area contributed by atoms with Gasteiger partial charge in [0, 0.05) is 19.2 Å². The van der Waals surface area contributed by atoms with E-state index >= 15 is 0 Å². The Morgan fingerprint density at radius 3 is 2.79 bits per heavy atom. The highest BCUT2D eigenvalue weighted by Gasteiger charge is 2.13. The number of rotatable bonds is 5. The van der Waals surface area contributed by atoms with Crippen molar-refractivity contribution in [3.8, 4) is 0 Å². The quantitative estimate of drug-likeness (QED) is 0.593. The molecule has 0 fully saturated rings. The Labute approximate surface area is 126 Å². The van der Waals surface area contributed by atoms with Gasteiger partial charge in [-0.15, -0.1) is 0 Å². The molecule has 0 saturated carbocycles. The molecule has 0 atom stereocenters. The first-order valence-electron chi connectivity index (χ1n) is 6.23. The molecule has 104 valence electrons. The lowest BCUT2D eigenvalue weighted by molar-refractivity contribution is 0.0888. The summed E-state index contributed by atoms with van der Waals surface area (Å²) in [4.78, 5) is 12.0. The normalized spacial score (nSPS) is 12.2. The summed E-state index contributed by atoms with van der Waals surface area (Å²) < 4.78 is 9.36. The lowest BCUT2D eigenvalue weighted by atomic mass is 10.3. The van der Waals surface area contributed by atoms with E-state index in [1.54, 1.807) is 4.57 Å². The van der Waals surface area contributed by atoms with Gasteiger partial charge in [-0.3, -0.25) is 9.36 Å². The topological polar surface area (TPSA) is 31.2 Å². The third kappa shape index (κ3) is 4.01. The van der Waals surface area contributed by atoms with Crippen LogP contribution in [0.2, 0.25) is 25.7 Å². The second-order valence-corrected chi connectivity index (χ2v) is 13.3. The summed E-state index contributed by atoms with van der Waals surface area (Å²) in [6.07, 6.45) is 0. The van der Waals surface area contributed by atoms with Gasteiger partial charge in [0.05, 0.1) is 10.2 Å². The molecule has 0 spiro atoms. The van der Waals surface area contributed by atoms with Gasteiger partial charge in [-0.1, -0.05) is 46.9 Å². The number of halogens is 1. The van der Waals surface area contributed by atoms with Gasteiger partial charge in [-0.05, 0) is 24.2 Å². The van der Waals surface area contributed by atoms with Gasteiger partial charge in [-0.2, -0.15) is 0 Å². The van der Waals surface area contributed by atoms with Crippen molar-refractivity contribution in [2.45, 2.75) is 32.4 Å². The largest absolute Gasteiger partial charge is 0.361 e. The molecule has 0 N–H and O–H groups in total. The Hall–Kier alpha value is -0.433. The van der Waals surface area contributed by atoms with Crippen LogP contribution in [0, 0.1) is 0 Å². The summed E-state index contributed by atoms with van der Waals surface area (Å²) in [7, 11) is -1.07. The Morgan fingerprint density at radius 2 is 2.11 bits per heavy atom. The Kier molecular flexibility index (Phi) is 4.65. The number of nitrogens with zero attached hydrogens (tertiary/aromatic N) is 1. The summed E-state index contributed by atoms with van der Waals surface area (Å²) in [5.74, 6) is 0. The SMILES string of the molecule is C[Si](C)(C)CCOCn1c(=O)sc2cc(Br)ccc21. The van der Waals surface area contributed by atoms with Crippen molar-refractivity contribution >= 4 is 45.6 Å². The van der Waals surface area contributed by atoms with E-state index in [1.165, 1.54) is 11.3 Å². The molecule has 3 nitrogen and oxygen atoms in total. The van der Waals surface area contributed by atoms with Crippen LogP contribution in [-0.4, -0.2) is 19.2 Å². The highest BCUT2D eigenvalue weighted by molar-refractivity contribution is 9.10. The molecule has 0 bridgehead atoms. The third-order valence-corrected chi connectivity index (χ3v) is 5.99. The molecule has 0 aliphatic carbocycles. The first-order valence-corrected chi connectivity index (χ1v) is 11.6. The molecule has 2 aromatic rings. The second-order valence-electron chi connectivity index (χ2n) is 5.76. The zero-order chi connectivity index (χ0) is 14.0. The van der Waals surface area contributed by atoms with Crippen molar-refractivity contribution < 1.29 is 4.74 Å². The van der Waals surface area contributed by atoms with Crippen molar-refractivity contribution in [1.82, 2.24) is 4.57 Å². The van der Waals surface area contributed by atoms with Crippen LogP contribution >= 0.6 is 27.3 Å². The summed E-state index contributed by atoms with van der Waals surface area (Å²) in [5, 5.41) is 0. The molecule has 1 heterocycles. The van der Waals surface area contributed by atoms with Gasteiger partial charge in [0.2, 0.25) is 0 Å². The Balaban J connectivity index is 2.09. The summed E-state index contributed by atoms with van der Waals surface area (Å²) in [6, 6.07) is 7.00. The average Bonchev–Trinajstić information content (AvgIpc) is 2.58. The Bertz CT molecular complexity index is 630. The predicted octanol–water partition coefficient (Wildman–Crippen LogP) is 4.14. The van der Waals surface area contributed by atoms with E-state index in [0.29, 0.717) is 6.73 Å². The fraction of sp³-hybridized carbons (Fsp3) is 0.462. The van der Waals surface area contributed by atoms with E-state index in [4.69, 9.17) is 4.74 Å². The van der Waals surface area contributed by atoms with Crippen LogP contribution in [0.1, 0.15) is 0 Å². The lowest BCUT2D eigenvalue weighted by Gasteiger charge is -2.15. The number of thiazole rings is 1. The van der Waals surface area contributed by atoms with Crippen molar-refractivity contribution in [3.63, 3.8) is 0 Å². The number of benzene rings is 1. The van der Waals surface area contributed by atoms with E-state index in [-0.39, 0.29) is 4.87 Å². The maximum atomic E-state index is 11.9. The van der Waals surface area contributed by atoms with Crippen LogP contribution in [0.25, 0.3) is 10.2 Å². The molecule has 1 aromatic carbocycles. The molecule has 0 aliphatic heterocycles. The molecule has 2 rings (SSSR count). The molecule has 0 saturated heterocycles. The van der Waals surface area contributed by atoms with Crippen LogP contribution in [0.3, 0.4) is 0 Å². The van der Waals surface area contributed by atoms with Gasteiger partial charge < -0.3 is 4.74 Å². The first kappa shape index (κ1) is 15.0. The maximum Gasteiger partial charge on any atom is 0.310 e. The minimum atomic E-state index is -1.07. The molecule has 19 heavy (non-hydrogen) atoms. The van der Waals surface area contributed by atoms with Crippen molar-refractivity contribution in [1.29, 1.82) is 0 Å². The number of aromatic nitrogens is 1. The second kappa shape index (κ2) is 5.91. The van der Waals surface area contributed by atoms with Gasteiger partial charge in [0.1, 0.15) is 6.73 Å². The fourth-order valence-corrected chi connectivity index (χ4v) is 3.88. The van der Waals surface area contributed by atoms with E-state index < -0.39 is 8.07 Å². The van der Waals surface area contributed by atoms with Crippen molar-refractivity contribution in [2.75, 3.05) is 6.61 Å². The van der Waals surface area contributed by atoms with E-state index in [1.807, 2.05) is 18.2 Å². The number of ether oxygens (including phenoxy) is 1. The van der Waals surface area contributed by atoms with Crippen LogP contribution < -0.4 is 4.87 Å². The zero-order valence-corrected chi connectivity index (χ0v) is 14.8. The average molecular weight is 360 g/mol. The third-order valence-electron chi connectivity index (χ3n) is 2.85. The molecule has 0 amide bonds. The molecular formula is C13H18BrNO2SSi. The van der Waals surface area contributed by atoms with Crippen LogP contribution in [0.15, 0.2) is 27.5 Å². The highest BCUT2D eigenvalue weighted by Crippen LogP contribution is 2.22. The number of hydrogen-bond acceptors (Lipinski definition) is 3. The summed E-state index contributed by atoms with van der Waals surface area (Å²) in [6.45, 7) is 8.04. The molecule has 0 radical (unpaired) electrons. The molecule has 0 unspecified atom stereocenters. The van der Waals surface area contributed by atoms with E-state index in [0.717, 1.165) is 27.3 Å². The molecule has 1 aromatic heterocycles. The van der Waals surface area contributed by atoms with Crippen LogP contribution in [0.5, 0.6) is 0 Å². The van der Waals surface area contributed by atoms with Gasteiger partial charge in [-0.25, -0.2) is 0 Å². The van der Waals surface area contributed by atoms with Gasteiger partial charge >= 0.3 is 4.87 Å². The summed E-state index contributed by atoms with van der Waals surface area (Å²) in [5.41, 5.74) is 0.950. The smallest absolute Gasteiger partial charge is 0.310 e. The fourth-order valence-electron chi connectivity index (χ4n) is 1.70.